The van der Waals surface area contributed by atoms with Crippen LogP contribution >= 0.6 is 0 Å². The molecular formula is C21H23F3N2O4. The van der Waals surface area contributed by atoms with Crippen LogP contribution in [0.4, 0.5) is 18.0 Å². The summed E-state index contributed by atoms with van der Waals surface area (Å²) in [5.74, 6) is -0.0719. The van der Waals surface area contributed by atoms with Crippen LogP contribution in [0.1, 0.15) is 43.0 Å². The van der Waals surface area contributed by atoms with E-state index in [1.54, 1.807) is 30.5 Å². The maximum atomic E-state index is 13.2. The summed E-state index contributed by atoms with van der Waals surface area (Å²) >= 11 is 0. The molecule has 3 heterocycles. The Morgan fingerprint density at radius 3 is 2.57 bits per heavy atom. The number of nitrogens with zero attached hydrogens (tertiary/aromatic N) is 2. The van der Waals surface area contributed by atoms with E-state index < -0.39 is 18.4 Å². The van der Waals surface area contributed by atoms with Crippen LogP contribution in [0.5, 0.6) is 0 Å². The number of carbonyl (C=O) groups is 2. The van der Waals surface area contributed by atoms with Crippen LogP contribution in [0.15, 0.2) is 34.9 Å². The van der Waals surface area contributed by atoms with Crippen molar-refractivity contribution in [3.63, 3.8) is 0 Å². The van der Waals surface area contributed by atoms with E-state index in [-0.39, 0.29) is 24.5 Å². The Balaban J connectivity index is 1.43. The first kappa shape index (κ1) is 20.6. The molecule has 2 saturated heterocycles. The first-order valence-corrected chi connectivity index (χ1v) is 10.0. The predicted octanol–water partition coefficient (Wildman–Crippen LogP) is 4.59. The van der Waals surface area contributed by atoms with E-state index in [1.807, 2.05) is 4.90 Å². The molecule has 1 unspecified atom stereocenters. The predicted molar refractivity (Wildman–Crippen MR) is 102 cm³/mol. The van der Waals surface area contributed by atoms with Gasteiger partial charge in [0.1, 0.15) is 5.58 Å². The second kappa shape index (κ2) is 7.52. The normalized spacial score (nSPS) is 20.0. The highest BCUT2D eigenvalue weighted by Crippen LogP contribution is 2.40. The van der Waals surface area contributed by atoms with Crippen molar-refractivity contribution < 1.29 is 31.9 Å². The van der Waals surface area contributed by atoms with Gasteiger partial charge in [0.25, 0.3) is 5.91 Å². The smallest absolute Gasteiger partial charge is 0.425 e. The highest BCUT2D eigenvalue weighted by Gasteiger charge is 2.47. The molecule has 0 saturated carbocycles. The van der Waals surface area contributed by atoms with E-state index in [1.165, 1.54) is 4.90 Å². The lowest BCUT2D eigenvalue weighted by atomic mass is 9.84. The SMILES string of the molecule is CC(OC(=O)N1CCC2(CCCN2C(=O)c2ccc3occc3c2)CC1)C(F)(F)F. The molecule has 9 heteroatoms. The molecule has 6 nitrogen and oxygen atoms in total. The lowest BCUT2D eigenvalue weighted by Gasteiger charge is -2.44. The van der Waals surface area contributed by atoms with Crippen molar-refractivity contribution in [1.82, 2.24) is 9.80 Å². The third-order valence-corrected chi connectivity index (χ3v) is 6.23. The van der Waals surface area contributed by atoms with Crippen LogP contribution in [0, 0.1) is 0 Å². The molecule has 2 aliphatic heterocycles. The highest BCUT2D eigenvalue weighted by atomic mass is 19.4. The zero-order valence-corrected chi connectivity index (χ0v) is 16.6. The number of piperidine rings is 1. The van der Waals surface area contributed by atoms with Gasteiger partial charge in [-0.15, -0.1) is 0 Å². The van der Waals surface area contributed by atoms with Crippen LogP contribution in [-0.4, -0.2) is 59.3 Å². The number of alkyl halides is 3. The average Bonchev–Trinajstić information content (AvgIpc) is 3.33. The van der Waals surface area contributed by atoms with Crippen LogP contribution in [0.25, 0.3) is 11.0 Å². The first-order valence-electron chi connectivity index (χ1n) is 10.0. The van der Waals surface area contributed by atoms with E-state index in [0.29, 0.717) is 30.5 Å². The van der Waals surface area contributed by atoms with Crippen LogP contribution < -0.4 is 0 Å². The monoisotopic (exact) mass is 424 g/mol. The minimum Gasteiger partial charge on any atom is -0.464 e. The van der Waals surface area contributed by atoms with E-state index in [9.17, 15) is 22.8 Å². The summed E-state index contributed by atoms with van der Waals surface area (Å²) in [6, 6.07) is 7.12. The Hall–Kier alpha value is -2.71. The first-order chi connectivity index (χ1) is 14.2. The van der Waals surface area contributed by atoms with E-state index in [4.69, 9.17) is 4.42 Å². The Kier molecular flexibility index (Phi) is 5.15. The summed E-state index contributed by atoms with van der Waals surface area (Å²) < 4.78 is 47.8. The van der Waals surface area contributed by atoms with Crippen molar-refractivity contribution >= 4 is 23.0 Å². The van der Waals surface area contributed by atoms with E-state index >= 15 is 0 Å². The van der Waals surface area contributed by atoms with Gasteiger partial charge in [0.15, 0.2) is 6.10 Å². The van der Waals surface area contributed by atoms with Gasteiger partial charge in [-0.2, -0.15) is 13.2 Å². The minimum absolute atomic E-state index is 0.0719. The molecule has 4 rings (SSSR count). The molecule has 0 N–H and O–H groups in total. The topological polar surface area (TPSA) is 63.0 Å². The number of hydrogen-bond donors (Lipinski definition) is 0. The maximum absolute atomic E-state index is 13.2. The third-order valence-electron chi connectivity index (χ3n) is 6.23. The molecule has 2 aromatic rings. The van der Waals surface area contributed by atoms with Gasteiger partial charge in [0.05, 0.1) is 6.26 Å². The number of benzene rings is 1. The largest absolute Gasteiger partial charge is 0.464 e. The summed E-state index contributed by atoms with van der Waals surface area (Å²) in [6.45, 7) is 1.96. The number of likely N-dealkylation sites (tertiary alicyclic amines) is 2. The fourth-order valence-electron chi connectivity index (χ4n) is 4.43. The van der Waals surface area contributed by atoms with Gasteiger partial charge < -0.3 is 19.0 Å². The van der Waals surface area contributed by atoms with Crippen LogP contribution in [0.3, 0.4) is 0 Å². The van der Waals surface area contributed by atoms with Gasteiger partial charge in [0.2, 0.25) is 0 Å². The minimum atomic E-state index is -4.59. The average molecular weight is 424 g/mol. The number of hydrogen-bond acceptors (Lipinski definition) is 4. The number of rotatable bonds is 2. The number of carbonyl (C=O) groups excluding carboxylic acids is 2. The van der Waals surface area contributed by atoms with Gasteiger partial charge in [-0.05, 0) is 56.9 Å². The van der Waals surface area contributed by atoms with Crippen molar-refractivity contribution in [3.8, 4) is 0 Å². The van der Waals surface area contributed by atoms with Crippen molar-refractivity contribution in [1.29, 1.82) is 0 Å². The molecule has 0 aliphatic carbocycles. The molecule has 0 radical (unpaired) electrons. The standard InChI is InChI=1S/C21H23F3N2O4/c1-14(21(22,23)24)30-19(28)25-10-7-20(8-11-25)6-2-9-26(20)18(27)16-3-4-17-15(13-16)5-12-29-17/h3-5,12-14H,2,6-11H2,1H3. The zero-order chi connectivity index (χ0) is 21.5. The number of ether oxygens (including phenoxy) is 1. The number of furan rings is 1. The Labute approximate surface area is 171 Å². The Morgan fingerprint density at radius 2 is 1.87 bits per heavy atom. The van der Waals surface area contributed by atoms with Gasteiger partial charge in [0, 0.05) is 36.1 Å². The molecule has 162 valence electrons. The Bertz CT molecular complexity index is 947. The summed E-state index contributed by atoms with van der Waals surface area (Å²) in [6.07, 6.45) is -3.42. The molecule has 1 aromatic carbocycles. The third kappa shape index (κ3) is 3.73. The fraction of sp³-hybridized carbons (Fsp3) is 0.524. The van der Waals surface area contributed by atoms with Crippen molar-refractivity contribution in [2.24, 2.45) is 0 Å². The number of halogens is 3. The van der Waals surface area contributed by atoms with Gasteiger partial charge in [-0.1, -0.05) is 0 Å². The Morgan fingerprint density at radius 1 is 1.13 bits per heavy atom. The van der Waals surface area contributed by atoms with E-state index in [2.05, 4.69) is 4.74 Å². The number of fused-ring (bicyclic) bond motifs is 1. The molecule has 2 amide bonds. The maximum Gasteiger partial charge on any atom is 0.425 e. The molecule has 1 spiro atoms. The molecule has 1 aromatic heterocycles. The molecule has 2 aliphatic rings. The van der Waals surface area contributed by atoms with Crippen LogP contribution in [0.2, 0.25) is 0 Å². The second-order valence-corrected chi connectivity index (χ2v) is 8.01. The quantitative estimate of drug-likeness (QED) is 0.708. The summed E-state index contributed by atoms with van der Waals surface area (Å²) in [5, 5.41) is 0.852. The second-order valence-electron chi connectivity index (χ2n) is 8.01. The van der Waals surface area contributed by atoms with Crippen LogP contribution in [-0.2, 0) is 4.74 Å². The summed E-state index contributed by atoms with van der Waals surface area (Å²) in [4.78, 5) is 28.5. The van der Waals surface area contributed by atoms with Gasteiger partial charge in [-0.3, -0.25) is 4.79 Å². The highest BCUT2D eigenvalue weighted by molar-refractivity contribution is 5.98. The summed E-state index contributed by atoms with van der Waals surface area (Å²) in [7, 11) is 0. The fourth-order valence-corrected chi connectivity index (χ4v) is 4.43. The van der Waals surface area contributed by atoms with Gasteiger partial charge >= 0.3 is 12.3 Å². The lowest BCUT2D eigenvalue weighted by Crippen LogP contribution is -2.55. The molecule has 30 heavy (non-hydrogen) atoms. The van der Waals surface area contributed by atoms with E-state index in [0.717, 1.165) is 25.2 Å². The van der Waals surface area contributed by atoms with Crippen molar-refractivity contribution in [2.45, 2.75) is 50.4 Å². The zero-order valence-electron chi connectivity index (χ0n) is 16.6. The molecule has 1 atom stereocenters. The van der Waals surface area contributed by atoms with Crippen molar-refractivity contribution in [3.05, 3.63) is 36.1 Å². The van der Waals surface area contributed by atoms with Gasteiger partial charge in [-0.25, -0.2) is 4.79 Å². The molecular weight excluding hydrogens is 401 g/mol. The molecule has 0 bridgehead atoms. The lowest BCUT2D eigenvalue weighted by molar-refractivity contribution is -0.200. The molecule has 2 fully saturated rings. The number of amides is 2. The summed E-state index contributed by atoms with van der Waals surface area (Å²) in [5.41, 5.74) is 0.906. The van der Waals surface area contributed by atoms with Crippen molar-refractivity contribution in [2.75, 3.05) is 19.6 Å².